The van der Waals surface area contributed by atoms with Gasteiger partial charge in [0.15, 0.2) is 0 Å². The van der Waals surface area contributed by atoms with Crippen LogP contribution in [0.5, 0.6) is 0 Å². The van der Waals surface area contributed by atoms with Crippen molar-refractivity contribution >= 4 is 11.9 Å². The third kappa shape index (κ3) is 14.1. The first kappa shape index (κ1) is 29.2. The van der Waals surface area contributed by atoms with Crippen LogP contribution in [0.1, 0.15) is 144 Å². The highest BCUT2D eigenvalue weighted by Crippen LogP contribution is 2.14. The van der Waals surface area contributed by atoms with Gasteiger partial charge in [-0.05, 0) is 43.5 Å². The van der Waals surface area contributed by atoms with Gasteiger partial charge in [0.1, 0.15) is 6.10 Å². The number of rotatable bonds is 20. The Morgan fingerprint density at radius 3 is 1.58 bits per heavy atom. The van der Waals surface area contributed by atoms with Crippen molar-refractivity contribution < 1.29 is 19.1 Å². The van der Waals surface area contributed by atoms with Crippen LogP contribution >= 0.6 is 0 Å². The van der Waals surface area contributed by atoms with Gasteiger partial charge in [0, 0.05) is 0 Å². The number of unbranched alkanes of at least 4 members (excludes halogenated alkanes) is 12. The molecule has 0 saturated carbocycles. The summed E-state index contributed by atoms with van der Waals surface area (Å²) in [5.41, 5.74) is 0.950. The third-order valence-corrected chi connectivity index (χ3v) is 6.20. The maximum absolute atomic E-state index is 12.3. The Hall–Kier alpha value is -1.84. The van der Waals surface area contributed by atoms with Crippen molar-refractivity contribution in [3.05, 3.63) is 35.4 Å². The Bertz CT molecular complexity index is 623. The number of ether oxygens (including phenoxy) is 2. The topological polar surface area (TPSA) is 52.6 Å². The maximum Gasteiger partial charge on any atom is 0.338 e. The van der Waals surface area contributed by atoms with E-state index in [-0.39, 0.29) is 18.0 Å². The van der Waals surface area contributed by atoms with E-state index in [9.17, 15) is 9.59 Å². The van der Waals surface area contributed by atoms with Crippen molar-refractivity contribution in [1.29, 1.82) is 0 Å². The molecule has 33 heavy (non-hydrogen) atoms. The highest BCUT2D eigenvalue weighted by molar-refractivity contribution is 5.93. The average molecular weight is 461 g/mol. The van der Waals surface area contributed by atoms with Crippen LogP contribution < -0.4 is 0 Å². The highest BCUT2D eigenvalue weighted by atomic mass is 16.5. The molecule has 0 amide bonds. The number of carbonyl (C=O) groups is 2. The second-order valence-corrected chi connectivity index (χ2v) is 9.18. The minimum absolute atomic E-state index is 0.0439. The van der Waals surface area contributed by atoms with E-state index in [4.69, 9.17) is 9.47 Å². The summed E-state index contributed by atoms with van der Waals surface area (Å²) in [5, 5.41) is 0. The summed E-state index contributed by atoms with van der Waals surface area (Å²) in [6.45, 7) is 6.87. The van der Waals surface area contributed by atoms with E-state index < -0.39 is 0 Å². The lowest BCUT2D eigenvalue weighted by Crippen LogP contribution is -2.17. The molecule has 1 atom stereocenters. The number of benzene rings is 1. The Morgan fingerprint density at radius 1 is 0.636 bits per heavy atom. The minimum Gasteiger partial charge on any atom is -0.462 e. The van der Waals surface area contributed by atoms with Crippen LogP contribution in [-0.2, 0) is 9.47 Å². The summed E-state index contributed by atoms with van der Waals surface area (Å²) in [4.78, 5) is 24.6. The fourth-order valence-corrected chi connectivity index (χ4v) is 3.93. The lowest BCUT2D eigenvalue weighted by molar-refractivity contribution is 0.0267. The standard InChI is InChI=1S/C29H48O4/c1-4-7-9-10-11-12-13-14-15-16-17-18-24-32-28(30)25-20-22-26(23-21-25)29(31)33-27(6-3)19-8-5-2/h20-23,27H,4-19,24H2,1-3H3. The van der Waals surface area contributed by atoms with E-state index in [2.05, 4.69) is 13.8 Å². The van der Waals surface area contributed by atoms with Crippen LogP contribution in [0.25, 0.3) is 0 Å². The van der Waals surface area contributed by atoms with Crippen LogP contribution in [0.15, 0.2) is 24.3 Å². The van der Waals surface area contributed by atoms with Gasteiger partial charge in [-0.2, -0.15) is 0 Å². The van der Waals surface area contributed by atoms with Crippen LogP contribution in [0.3, 0.4) is 0 Å². The van der Waals surface area contributed by atoms with Crippen LogP contribution in [0.4, 0.5) is 0 Å². The zero-order valence-corrected chi connectivity index (χ0v) is 21.5. The molecule has 0 radical (unpaired) electrons. The largest absolute Gasteiger partial charge is 0.462 e. The number of carbonyl (C=O) groups excluding carboxylic acids is 2. The molecule has 0 aliphatic heterocycles. The third-order valence-electron chi connectivity index (χ3n) is 6.20. The fraction of sp³-hybridized carbons (Fsp3) is 0.724. The van der Waals surface area contributed by atoms with Crippen molar-refractivity contribution in [3.63, 3.8) is 0 Å². The predicted molar refractivity (Wildman–Crippen MR) is 137 cm³/mol. The molecule has 4 nitrogen and oxygen atoms in total. The number of hydrogen-bond acceptors (Lipinski definition) is 4. The van der Waals surface area contributed by atoms with Crippen molar-refractivity contribution in [2.45, 2.75) is 130 Å². The van der Waals surface area contributed by atoms with E-state index in [1.807, 2.05) is 6.92 Å². The Balaban J connectivity index is 2.14. The smallest absolute Gasteiger partial charge is 0.338 e. The minimum atomic E-state index is -0.327. The first-order chi connectivity index (χ1) is 16.1. The van der Waals surface area contributed by atoms with Gasteiger partial charge in [-0.3, -0.25) is 0 Å². The molecule has 0 aliphatic carbocycles. The summed E-state index contributed by atoms with van der Waals surface area (Å²) in [5.74, 6) is -0.651. The second-order valence-electron chi connectivity index (χ2n) is 9.18. The van der Waals surface area contributed by atoms with Crippen molar-refractivity contribution in [3.8, 4) is 0 Å². The predicted octanol–water partition coefficient (Wildman–Crippen LogP) is 8.67. The van der Waals surface area contributed by atoms with Gasteiger partial charge >= 0.3 is 11.9 Å². The van der Waals surface area contributed by atoms with Gasteiger partial charge in [-0.25, -0.2) is 9.59 Å². The van der Waals surface area contributed by atoms with Crippen molar-refractivity contribution in [1.82, 2.24) is 0 Å². The Kier molecular flexibility index (Phi) is 17.4. The summed E-state index contributed by atoms with van der Waals surface area (Å²) in [6, 6.07) is 6.59. The van der Waals surface area contributed by atoms with Crippen LogP contribution in [-0.4, -0.2) is 24.6 Å². The fourth-order valence-electron chi connectivity index (χ4n) is 3.93. The Morgan fingerprint density at radius 2 is 1.09 bits per heavy atom. The molecule has 188 valence electrons. The van der Waals surface area contributed by atoms with Crippen molar-refractivity contribution in [2.24, 2.45) is 0 Å². The van der Waals surface area contributed by atoms with Crippen LogP contribution in [0, 0.1) is 0 Å². The maximum atomic E-state index is 12.3. The first-order valence-electron chi connectivity index (χ1n) is 13.6. The molecular weight excluding hydrogens is 412 g/mol. The summed E-state index contributed by atoms with van der Waals surface area (Å²) in [6.07, 6.45) is 19.2. The molecule has 4 heteroatoms. The molecule has 0 heterocycles. The van der Waals surface area contributed by atoms with Gasteiger partial charge in [0.05, 0.1) is 17.7 Å². The monoisotopic (exact) mass is 460 g/mol. The van der Waals surface area contributed by atoms with E-state index in [0.29, 0.717) is 17.7 Å². The van der Waals surface area contributed by atoms with Crippen LogP contribution in [0.2, 0.25) is 0 Å². The zero-order valence-electron chi connectivity index (χ0n) is 21.5. The lowest BCUT2D eigenvalue weighted by Gasteiger charge is -2.15. The second kappa shape index (κ2) is 19.6. The van der Waals surface area contributed by atoms with Gasteiger partial charge in [0.25, 0.3) is 0 Å². The normalized spacial score (nSPS) is 11.8. The molecule has 0 fully saturated rings. The number of esters is 2. The van der Waals surface area contributed by atoms with E-state index in [0.717, 1.165) is 38.5 Å². The molecule has 0 bridgehead atoms. The van der Waals surface area contributed by atoms with Crippen molar-refractivity contribution in [2.75, 3.05) is 6.61 Å². The summed E-state index contributed by atoms with van der Waals surface area (Å²) in [7, 11) is 0. The molecule has 1 rings (SSSR count). The van der Waals surface area contributed by atoms with E-state index >= 15 is 0 Å². The van der Waals surface area contributed by atoms with Gasteiger partial charge in [-0.15, -0.1) is 0 Å². The summed E-state index contributed by atoms with van der Waals surface area (Å²) < 4.78 is 11.0. The highest BCUT2D eigenvalue weighted by Gasteiger charge is 2.15. The molecule has 1 unspecified atom stereocenters. The van der Waals surface area contributed by atoms with Gasteiger partial charge < -0.3 is 9.47 Å². The van der Waals surface area contributed by atoms with Gasteiger partial charge in [0.2, 0.25) is 0 Å². The molecule has 0 spiro atoms. The molecular formula is C29H48O4. The van der Waals surface area contributed by atoms with E-state index in [1.54, 1.807) is 24.3 Å². The first-order valence-corrected chi connectivity index (χ1v) is 13.6. The zero-order chi connectivity index (χ0) is 24.2. The lowest BCUT2D eigenvalue weighted by atomic mass is 10.1. The SMILES string of the molecule is CCCCCCCCCCCCCCOC(=O)c1ccc(C(=O)OC(CC)CCCC)cc1. The summed E-state index contributed by atoms with van der Waals surface area (Å²) >= 11 is 0. The number of hydrogen-bond donors (Lipinski definition) is 0. The molecule has 0 saturated heterocycles. The Labute approximate surface area is 202 Å². The molecule has 0 aromatic heterocycles. The molecule has 1 aromatic carbocycles. The quantitative estimate of drug-likeness (QED) is 0.144. The molecule has 1 aromatic rings. The van der Waals surface area contributed by atoms with E-state index in [1.165, 1.54) is 64.2 Å². The molecule has 0 aliphatic rings. The molecule has 0 N–H and O–H groups in total. The average Bonchev–Trinajstić information content (AvgIpc) is 2.84. The van der Waals surface area contributed by atoms with Gasteiger partial charge in [-0.1, -0.05) is 104 Å².